The number of likely N-dealkylation sites (tertiary alicyclic amines) is 1. The molecule has 0 aliphatic carbocycles. The van der Waals surface area contributed by atoms with E-state index in [-0.39, 0.29) is 12.1 Å². The summed E-state index contributed by atoms with van der Waals surface area (Å²) in [5, 5.41) is 12.5. The van der Waals surface area contributed by atoms with E-state index in [1.165, 1.54) is 0 Å². The van der Waals surface area contributed by atoms with Crippen LogP contribution in [0.4, 0.5) is 0 Å². The summed E-state index contributed by atoms with van der Waals surface area (Å²) in [4.78, 5) is 2.47. The van der Waals surface area contributed by atoms with Crippen molar-refractivity contribution in [1.82, 2.24) is 10.2 Å². The fourth-order valence-electron chi connectivity index (χ4n) is 2.22. The molecule has 1 saturated heterocycles. The maximum atomic E-state index is 9.33. The van der Waals surface area contributed by atoms with Crippen LogP contribution in [-0.4, -0.2) is 61.5 Å². The molecule has 1 unspecified atom stereocenters. The number of piperidine rings is 1. The van der Waals surface area contributed by atoms with E-state index in [1.54, 1.807) is 0 Å². The van der Waals surface area contributed by atoms with Gasteiger partial charge in [0.25, 0.3) is 0 Å². The summed E-state index contributed by atoms with van der Waals surface area (Å²) in [5.74, 6) is 0. The zero-order valence-electron chi connectivity index (χ0n) is 11.5. The van der Waals surface area contributed by atoms with Gasteiger partial charge in [-0.15, -0.1) is 0 Å². The van der Waals surface area contributed by atoms with Gasteiger partial charge >= 0.3 is 0 Å². The number of hydrogen-bond donors (Lipinski definition) is 2. The SMILES string of the molecule is CCOC1CCN(CCC(C)(CO)NC)CC1. The Kier molecular flexibility index (Phi) is 6.41. The van der Waals surface area contributed by atoms with Crippen molar-refractivity contribution in [1.29, 1.82) is 0 Å². The van der Waals surface area contributed by atoms with Gasteiger partial charge in [0.05, 0.1) is 12.7 Å². The number of likely N-dealkylation sites (N-methyl/N-ethyl adjacent to an activating group) is 1. The van der Waals surface area contributed by atoms with E-state index >= 15 is 0 Å². The molecule has 1 fully saturated rings. The van der Waals surface area contributed by atoms with Crippen molar-refractivity contribution >= 4 is 0 Å². The summed E-state index contributed by atoms with van der Waals surface area (Å²) in [6.07, 6.45) is 3.73. The van der Waals surface area contributed by atoms with Gasteiger partial charge in [0.15, 0.2) is 0 Å². The van der Waals surface area contributed by atoms with Crippen LogP contribution in [0.5, 0.6) is 0 Å². The highest BCUT2D eigenvalue weighted by Gasteiger charge is 2.24. The van der Waals surface area contributed by atoms with Gasteiger partial charge in [-0.3, -0.25) is 0 Å². The van der Waals surface area contributed by atoms with Crippen LogP contribution < -0.4 is 5.32 Å². The lowest BCUT2D eigenvalue weighted by Crippen LogP contribution is -2.47. The van der Waals surface area contributed by atoms with Crippen LogP contribution in [0.3, 0.4) is 0 Å². The summed E-state index contributed by atoms with van der Waals surface area (Å²) in [6.45, 7) is 8.44. The van der Waals surface area contributed by atoms with Gasteiger partial charge in [-0.05, 0) is 46.7 Å². The van der Waals surface area contributed by atoms with Gasteiger partial charge in [0, 0.05) is 25.2 Å². The first kappa shape index (κ1) is 14.9. The van der Waals surface area contributed by atoms with E-state index in [2.05, 4.69) is 24.1 Å². The van der Waals surface area contributed by atoms with E-state index < -0.39 is 0 Å². The monoisotopic (exact) mass is 244 g/mol. The molecule has 0 amide bonds. The van der Waals surface area contributed by atoms with Crippen molar-refractivity contribution in [2.75, 3.05) is 39.9 Å². The van der Waals surface area contributed by atoms with Crippen LogP contribution in [0.25, 0.3) is 0 Å². The molecule has 1 aliphatic heterocycles. The fourth-order valence-corrected chi connectivity index (χ4v) is 2.22. The van der Waals surface area contributed by atoms with Crippen LogP contribution in [-0.2, 0) is 4.74 Å². The van der Waals surface area contributed by atoms with E-state index in [1.807, 2.05) is 7.05 Å². The highest BCUT2D eigenvalue weighted by molar-refractivity contribution is 4.83. The van der Waals surface area contributed by atoms with Crippen molar-refractivity contribution in [2.45, 2.75) is 44.8 Å². The van der Waals surface area contributed by atoms with Crippen LogP contribution in [0, 0.1) is 0 Å². The minimum atomic E-state index is -0.142. The number of aliphatic hydroxyl groups excluding tert-OH is 1. The zero-order chi connectivity index (χ0) is 12.7. The molecule has 102 valence electrons. The van der Waals surface area contributed by atoms with Gasteiger partial charge < -0.3 is 20.1 Å². The van der Waals surface area contributed by atoms with Gasteiger partial charge in [0.1, 0.15) is 0 Å². The molecule has 0 radical (unpaired) electrons. The number of hydrogen-bond acceptors (Lipinski definition) is 4. The molecule has 1 heterocycles. The van der Waals surface area contributed by atoms with Crippen molar-refractivity contribution in [2.24, 2.45) is 0 Å². The summed E-state index contributed by atoms with van der Waals surface area (Å²) < 4.78 is 5.64. The average Bonchev–Trinajstić information content (AvgIpc) is 2.38. The van der Waals surface area contributed by atoms with Crippen LogP contribution >= 0.6 is 0 Å². The quantitative estimate of drug-likeness (QED) is 0.697. The third kappa shape index (κ3) is 4.92. The van der Waals surface area contributed by atoms with Crippen molar-refractivity contribution in [3.8, 4) is 0 Å². The third-order valence-corrected chi connectivity index (χ3v) is 3.87. The largest absolute Gasteiger partial charge is 0.394 e. The van der Waals surface area contributed by atoms with Gasteiger partial charge in [-0.1, -0.05) is 0 Å². The summed E-state index contributed by atoms with van der Waals surface area (Å²) >= 11 is 0. The molecule has 0 spiro atoms. The first-order valence-corrected chi connectivity index (χ1v) is 6.77. The Morgan fingerprint density at radius 2 is 2.06 bits per heavy atom. The van der Waals surface area contributed by atoms with Gasteiger partial charge in [-0.25, -0.2) is 0 Å². The summed E-state index contributed by atoms with van der Waals surface area (Å²) in [7, 11) is 1.91. The van der Waals surface area contributed by atoms with E-state index in [0.717, 1.165) is 45.5 Å². The Balaban J connectivity index is 2.22. The predicted molar refractivity (Wildman–Crippen MR) is 70.3 cm³/mol. The van der Waals surface area contributed by atoms with Crippen LogP contribution in [0.1, 0.15) is 33.1 Å². The van der Waals surface area contributed by atoms with Crippen molar-refractivity contribution in [3.63, 3.8) is 0 Å². The second-order valence-electron chi connectivity index (χ2n) is 5.22. The van der Waals surface area contributed by atoms with Gasteiger partial charge in [0.2, 0.25) is 0 Å². The van der Waals surface area contributed by atoms with Crippen molar-refractivity contribution in [3.05, 3.63) is 0 Å². The molecule has 0 bridgehead atoms. The smallest absolute Gasteiger partial charge is 0.0610 e. The summed E-state index contributed by atoms with van der Waals surface area (Å²) in [6, 6.07) is 0. The van der Waals surface area contributed by atoms with E-state index in [0.29, 0.717) is 6.10 Å². The molecule has 2 N–H and O–H groups in total. The van der Waals surface area contributed by atoms with Crippen LogP contribution in [0.2, 0.25) is 0 Å². The Morgan fingerprint density at radius 1 is 1.41 bits per heavy atom. The highest BCUT2D eigenvalue weighted by Crippen LogP contribution is 2.16. The highest BCUT2D eigenvalue weighted by atomic mass is 16.5. The molecule has 4 heteroatoms. The maximum Gasteiger partial charge on any atom is 0.0610 e. The molecule has 0 aromatic carbocycles. The topological polar surface area (TPSA) is 44.7 Å². The van der Waals surface area contributed by atoms with E-state index in [4.69, 9.17) is 4.74 Å². The molecule has 4 nitrogen and oxygen atoms in total. The minimum absolute atomic E-state index is 0.142. The lowest BCUT2D eigenvalue weighted by molar-refractivity contribution is 0.0118. The molecular formula is C13H28N2O2. The minimum Gasteiger partial charge on any atom is -0.394 e. The predicted octanol–water partition coefficient (Wildman–Crippen LogP) is 0.848. The molecular weight excluding hydrogens is 216 g/mol. The Bertz CT molecular complexity index is 200. The van der Waals surface area contributed by atoms with Crippen LogP contribution in [0.15, 0.2) is 0 Å². The lowest BCUT2D eigenvalue weighted by atomic mass is 9.98. The Morgan fingerprint density at radius 3 is 2.53 bits per heavy atom. The fraction of sp³-hybridized carbons (Fsp3) is 1.00. The number of rotatable bonds is 7. The molecule has 1 atom stereocenters. The lowest BCUT2D eigenvalue weighted by Gasteiger charge is -2.35. The molecule has 0 aromatic heterocycles. The van der Waals surface area contributed by atoms with E-state index in [9.17, 15) is 5.11 Å². The first-order valence-electron chi connectivity index (χ1n) is 6.77. The standard InChI is InChI=1S/C13H28N2O2/c1-4-17-12-5-8-15(9-6-12)10-7-13(2,11-16)14-3/h12,14,16H,4-11H2,1-3H3. The first-order chi connectivity index (χ1) is 8.13. The zero-order valence-corrected chi connectivity index (χ0v) is 11.5. The average molecular weight is 244 g/mol. The van der Waals surface area contributed by atoms with Crippen molar-refractivity contribution < 1.29 is 9.84 Å². The number of nitrogens with zero attached hydrogens (tertiary/aromatic N) is 1. The second kappa shape index (κ2) is 7.31. The summed E-state index contributed by atoms with van der Waals surface area (Å²) in [5.41, 5.74) is -0.142. The Hall–Kier alpha value is -0.160. The number of aliphatic hydroxyl groups is 1. The third-order valence-electron chi connectivity index (χ3n) is 3.87. The molecule has 1 rings (SSSR count). The molecule has 17 heavy (non-hydrogen) atoms. The second-order valence-corrected chi connectivity index (χ2v) is 5.22. The molecule has 0 aromatic rings. The number of ether oxygens (including phenoxy) is 1. The molecule has 0 saturated carbocycles. The number of nitrogens with one attached hydrogen (secondary N) is 1. The maximum absolute atomic E-state index is 9.33. The Labute approximate surface area is 105 Å². The molecule has 1 aliphatic rings. The van der Waals surface area contributed by atoms with Gasteiger partial charge in [-0.2, -0.15) is 0 Å². The normalized spacial score (nSPS) is 22.6.